The average Bonchev–Trinajstić information content (AvgIpc) is 2.48. The van der Waals surface area contributed by atoms with Gasteiger partial charge in [0.15, 0.2) is 11.6 Å². The highest BCUT2D eigenvalue weighted by Gasteiger charge is 2.06. The summed E-state index contributed by atoms with van der Waals surface area (Å²) in [7, 11) is 0. The van der Waals surface area contributed by atoms with Crippen molar-refractivity contribution < 1.29 is 13.9 Å². The van der Waals surface area contributed by atoms with Crippen LogP contribution in [-0.4, -0.2) is 10.9 Å². The number of benzene rings is 1. The Hall–Kier alpha value is -2.47. The van der Waals surface area contributed by atoms with Gasteiger partial charge in [-0.1, -0.05) is 6.07 Å². The zero-order valence-corrected chi connectivity index (χ0v) is 10.9. The van der Waals surface area contributed by atoms with E-state index in [0.717, 1.165) is 5.56 Å². The first-order chi connectivity index (χ1) is 9.60. The quantitative estimate of drug-likeness (QED) is 0.506. The number of hydrogen-bond acceptors (Lipinski definition) is 4. The zero-order valence-electron chi connectivity index (χ0n) is 10.9. The van der Waals surface area contributed by atoms with E-state index in [9.17, 15) is 9.18 Å². The molecule has 0 atom stereocenters. The minimum Gasteiger partial charge on any atom is -0.484 e. The summed E-state index contributed by atoms with van der Waals surface area (Å²) >= 11 is 0. The summed E-state index contributed by atoms with van der Waals surface area (Å²) in [6.45, 7) is 1.97. The minimum absolute atomic E-state index is 0.116. The number of hydrazine groups is 1. The van der Waals surface area contributed by atoms with Gasteiger partial charge in [-0.2, -0.15) is 0 Å². The van der Waals surface area contributed by atoms with E-state index in [2.05, 4.69) is 4.98 Å². The van der Waals surface area contributed by atoms with Gasteiger partial charge in [0.1, 0.15) is 6.61 Å². The predicted octanol–water partition coefficient (Wildman–Crippen LogP) is 1.71. The molecule has 3 N–H and O–H groups in total. The van der Waals surface area contributed by atoms with Gasteiger partial charge in [0.05, 0.1) is 11.3 Å². The summed E-state index contributed by atoms with van der Waals surface area (Å²) in [5.41, 5.74) is 3.85. The van der Waals surface area contributed by atoms with Crippen LogP contribution in [0.2, 0.25) is 0 Å². The third-order valence-electron chi connectivity index (χ3n) is 2.68. The van der Waals surface area contributed by atoms with E-state index in [1.54, 1.807) is 24.3 Å². The molecule has 5 nitrogen and oxygen atoms in total. The maximum Gasteiger partial charge on any atom is 0.266 e. The highest BCUT2D eigenvalue weighted by molar-refractivity contribution is 5.93. The van der Waals surface area contributed by atoms with Crippen LogP contribution >= 0.6 is 0 Å². The molecule has 6 heteroatoms. The molecule has 1 aromatic carbocycles. The molecule has 20 heavy (non-hydrogen) atoms. The molecular weight excluding hydrogens is 261 g/mol. The Morgan fingerprint density at radius 1 is 1.40 bits per heavy atom. The van der Waals surface area contributed by atoms with Gasteiger partial charge in [0, 0.05) is 6.20 Å². The molecule has 0 aliphatic heterocycles. The lowest BCUT2D eigenvalue weighted by molar-refractivity contribution is 0.0953. The molecule has 1 heterocycles. The van der Waals surface area contributed by atoms with Crippen LogP contribution in [0.1, 0.15) is 21.6 Å². The Balaban J connectivity index is 2.04. The van der Waals surface area contributed by atoms with Crippen molar-refractivity contribution in [1.82, 2.24) is 10.4 Å². The first kappa shape index (κ1) is 14.0. The highest BCUT2D eigenvalue weighted by atomic mass is 19.1. The third-order valence-corrected chi connectivity index (χ3v) is 2.68. The van der Waals surface area contributed by atoms with E-state index < -0.39 is 11.7 Å². The summed E-state index contributed by atoms with van der Waals surface area (Å²) in [5.74, 6) is 4.35. The molecule has 0 spiro atoms. The molecule has 2 rings (SSSR count). The molecule has 0 radical (unpaired) electrons. The van der Waals surface area contributed by atoms with Crippen molar-refractivity contribution in [2.24, 2.45) is 5.84 Å². The first-order valence-electron chi connectivity index (χ1n) is 5.95. The molecule has 0 fully saturated rings. The number of ether oxygens (including phenoxy) is 1. The van der Waals surface area contributed by atoms with Crippen molar-refractivity contribution in [2.75, 3.05) is 0 Å². The number of carbonyl (C=O) groups excluding carboxylic acids is 1. The van der Waals surface area contributed by atoms with Crippen molar-refractivity contribution in [3.05, 3.63) is 59.2 Å². The van der Waals surface area contributed by atoms with Crippen LogP contribution in [-0.2, 0) is 6.61 Å². The molecule has 1 aromatic heterocycles. The maximum atomic E-state index is 13.5. The highest BCUT2D eigenvalue weighted by Crippen LogP contribution is 2.19. The van der Waals surface area contributed by atoms with E-state index >= 15 is 0 Å². The summed E-state index contributed by atoms with van der Waals surface area (Å²) in [4.78, 5) is 15.3. The third kappa shape index (κ3) is 3.30. The lowest BCUT2D eigenvalue weighted by Gasteiger charge is -2.08. The molecule has 0 aliphatic carbocycles. The number of nitrogens with zero attached hydrogens (tertiary/aromatic N) is 1. The Labute approximate surface area is 115 Å². The van der Waals surface area contributed by atoms with E-state index in [1.807, 2.05) is 12.3 Å². The van der Waals surface area contributed by atoms with Crippen LogP contribution in [0.4, 0.5) is 4.39 Å². The molecular formula is C14H14FN3O2. The van der Waals surface area contributed by atoms with Gasteiger partial charge < -0.3 is 4.74 Å². The number of aromatic nitrogens is 1. The second-order valence-corrected chi connectivity index (χ2v) is 4.23. The Morgan fingerprint density at radius 3 is 2.85 bits per heavy atom. The topological polar surface area (TPSA) is 77.2 Å². The number of carbonyl (C=O) groups is 1. The van der Waals surface area contributed by atoms with Crippen LogP contribution in [0.3, 0.4) is 0 Å². The molecule has 104 valence electrons. The van der Waals surface area contributed by atoms with Crippen LogP contribution < -0.4 is 16.0 Å². The zero-order chi connectivity index (χ0) is 14.5. The Morgan fingerprint density at radius 2 is 2.20 bits per heavy atom. The van der Waals surface area contributed by atoms with Crippen molar-refractivity contribution >= 4 is 5.91 Å². The normalized spacial score (nSPS) is 10.2. The SMILES string of the molecule is Cc1ccc(F)c(OCc2ccc(C(=O)NN)cn2)c1. The number of pyridine rings is 1. The van der Waals surface area contributed by atoms with Crippen molar-refractivity contribution in [1.29, 1.82) is 0 Å². The van der Waals surface area contributed by atoms with Gasteiger partial charge in [0.25, 0.3) is 5.91 Å². The van der Waals surface area contributed by atoms with E-state index in [-0.39, 0.29) is 12.4 Å². The van der Waals surface area contributed by atoms with E-state index in [1.165, 1.54) is 12.3 Å². The first-order valence-corrected chi connectivity index (χ1v) is 5.95. The summed E-state index contributed by atoms with van der Waals surface area (Å²) in [6.07, 6.45) is 1.38. The number of nitrogens with two attached hydrogens (primary N) is 1. The second-order valence-electron chi connectivity index (χ2n) is 4.23. The number of halogens is 1. The van der Waals surface area contributed by atoms with Crippen molar-refractivity contribution in [3.63, 3.8) is 0 Å². The monoisotopic (exact) mass is 275 g/mol. The average molecular weight is 275 g/mol. The summed E-state index contributed by atoms with van der Waals surface area (Å²) in [6, 6.07) is 7.83. The predicted molar refractivity (Wildman–Crippen MR) is 71.4 cm³/mol. The van der Waals surface area contributed by atoms with Crippen LogP contribution in [0.5, 0.6) is 5.75 Å². The van der Waals surface area contributed by atoms with E-state index in [4.69, 9.17) is 10.6 Å². The van der Waals surface area contributed by atoms with Gasteiger partial charge in [-0.25, -0.2) is 10.2 Å². The molecule has 0 saturated heterocycles. The molecule has 0 unspecified atom stereocenters. The summed E-state index contributed by atoms with van der Waals surface area (Å²) < 4.78 is 18.8. The minimum atomic E-state index is -0.422. The second kappa shape index (κ2) is 6.12. The smallest absolute Gasteiger partial charge is 0.266 e. The molecule has 0 aliphatic rings. The molecule has 1 amide bonds. The largest absolute Gasteiger partial charge is 0.484 e. The molecule has 2 aromatic rings. The van der Waals surface area contributed by atoms with Crippen molar-refractivity contribution in [2.45, 2.75) is 13.5 Å². The lowest BCUT2D eigenvalue weighted by atomic mass is 10.2. The number of aryl methyl sites for hydroxylation is 1. The Kier molecular flexibility index (Phi) is 4.27. The number of nitrogen functional groups attached to an aromatic ring is 1. The van der Waals surface area contributed by atoms with Gasteiger partial charge in [-0.05, 0) is 36.8 Å². The summed E-state index contributed by atoms with van der Waals surface area (Å²) in [5, 5.41) is 0. The Bertz CT molecular complexity index is 614. The maximum absolute atomic E-state index is 13.5. The lowest BCUT2D eigenvalue weighted by Crippen LogP contribution is -2.30. The fraction of sp³-hybridized carbons (Fsp3) is 0.143. The standard InChI is InChI=1S/C14H14FN3O2/c1-9-2-5-12(15)13(6-9)20-8-11-4-3-10(7-17-11)14(19)18-16/h2-7H,8,16H2,1H3,(H,18,19). The molecule has 0 bridgehead atoms. The van der Waals surface area contributed by atoms with E-state index in [0.29, 0.717) is 11.3 Å². The fourth-order valence-electron chi connectivity index (χ4n) is 1.60. The van der Waals surface area contributed by atoms with Gasteiger partial charge in [-0.15, -0.1) is 0 Å². The van der Waals surface area contributed by atoms with Crippen LogP contribution in [0.15, 0.2) is 36.5 Å². The number of amides is 1. The number of rotatable bonds is 4. The molecule has 0 saturated carbocycles. The van der Waals surface area contributed by atoms with Crippen LogP contribution in [0, 0.1) is 12.7 Å². The fourth-order valence-corrected chi connectivity index (χ4v) is 1.60. The van der Waals surface area contributed by atoms with Gasteiger partial charge in [-0.3, -0.25) is 15.2 Å². The van der Waals surface area contributed by atoms with Gasteiger partial charge in [0.2, 0.25) is 0 Å². The number of nitrogens with one attached hydrogen (secondary N) is 1. The number of hydrogen-bond donors (Lipinski definition) is 2. The van der Waals surface area contributed by atoms with Crippen LogP contribution in [0.25, 0.3) is 0 Å². The van der Waals surface area contributed by atoms with Crippen molar-refractivity contribution in [3.8, 4) is 5.75 Å². The van der Waals surface area contributed by atoms with Gasteiger partial charge >= 0.3 is 0 Å².